The largest absolute Gasteiger partial charge is 0.507 e. The Hall–Kier alpha value is -2.83. The first kappa shape index (κ1) is 21.9. The van der Waals surface area contributed by atoms with Crippen LogP contribution in [0.5, 0.6) is 5.75 Å². The van der Waals surface area contributed by atoms with Gasteiger partial charge in [0.15, 0.2) is 0 Å². The number of carbonyl (C=O) groups is 2. The first-order chi connectivity index (χ1) is 14.4. The molecule has 1 atom stereocenters. The molecular formula is C23H24ClNO5. The summed E-state index contributed by atoms with van der Waals surface area (Å²) in [6.45, 7) is 4.73. The van der Waals surface area contributed by atoms with Gasteiger partial charge in [-0.25, -0.2) is 0 Å². The molecule has 1 saturated heterocycles. The maximum atomic E-state index is 12.9. The summed E-state index contributed by atoms with van der Waals surface area (Å²) in [5.74, 6) is -1.20. The Bertz CT molecular complexity index is 984. The van der Waals surface area contributed by atoms with Gasteiger partial charge >= 0.3 is 0 Å². The van der Waals surface area contributed by atoms with Crippen molar-refractivity contribution >= 4 is 29.1 Å². The predicted octanol–water partition coefficient (Wildman–Crippen LogP) is 4.12. The van der Waals surface area contributed by atoms with Crippen molar-refractivity contribution in [1.29, 1.82) is 0 Å². The Balaban J connectivity index is 2.13. The minimum Gasteiger partial charge on any atom is -0.507 e. The normalized spacial score (nSPS) is 18.1. The van der Waals surface area contributed by atoms with Gasteiger partial charge < -0.3 is 19.5 Å². The number of hydrogen-bond donors (Lipinski definition) is 1. The Kier molecular flexibility index (Phi) is 6.80. The van der Waals surface area contributed by atoms with Crippen molar-refractivity contribution in [2.75, 3.05) is 26.9 Å². The van der Waals surface area contributed by atoms with Gasteiger partial charge in [-0.3, -0.25) is 9.59 Å². The van der Waals surface area contributed by atoms with Crippen molar-refractivity contribution in [3.63, 3.8) is 0 Å². The van der Waals surface area contributed by atoms with Crippen LogP contribution in [0.1, 0.15) is 29.7 Å². The van der Waals surface area contributed by atoms with Crippen molar-refractivity contribution in [3.8, 4) is 5.75 Å². The zero-order chi connectivity index (χ0) is 21.8. The highest BCUT2D eigenvalue weighted by molar-refractivity contribution is 6.46. The molecule has 0 spiro atoms. The molecule has 0 radical (unpaired) electrons. The van der Waals surface area contributed by atoms with Crippen LogP contribution < -0.4 is 4.74 Å². The number of hydrogen-bond acceptors (Lipinski definition) is 5. The van der Waals surface area contributed by atoms with Crippen molar-refractivity contribution in [2.24, 2.45) is 0 Å². The molecule has 1 amide bonds. The highest BCUT2D eigenvalue weighted by Crippen LogP contribution is 2.40. The van der Waals surface area contributed by atoms with E-state index in [1.54, 1.807) is 12.1 Å². The van der Waals surface area contributed by atoms with E-state index in [1.165, 1.54) is 18.1 Å². The number of methoxy groups -OCH3 is 1. The lowest BCUT2D eigenvalue weighted by Gasteiger charge is -2.25. The number of aryl methyl sites for hydroxylation is 1. The van der Waals surface area contributed by atoms with Crippen molar-refractivity contribution in [2.45, 2.75) is 19.9 Å². The topological polar surface area (TPSA) is 76.1 Å². The molecule has 1 unspecified atom stereocenters. The molecule has 6 nitrogen and oxygen atoms in total. The molecule has 1 heterocycles. The summed E-state index contributed by atoms with van der Waals surface area (Å²) in [7, 11) is 1.53. The van der Waals surface area contributed by atoms with E-state index in [9.17, 15) is 14.7 Å². The molecule has 1 N–H and O–H groups in total. The summed E-state index contributed by atoms with van der Waals surface area (Å²) in [5, 5.41) is 11.3. The average Bonchev–Trinajstić information content (AvgIpc) is 2.98. The second kappa shape index (κ2) is 9.32. The summed E-state index contributed by atoms with van der Waals surface area (Å²) >= 11 is 6.25. The molecule has 1 aliphatic rings. The number of benzene rings is 2. The second-order valence-electron chi connectivity index (χ2n) is 6.97. The summed E-state index contributed by atoms with van der Waals surface area (Å²) in [6.07, 6.45) is 0. The van der Waals surface area contributed by atoms with E-state index in [0.717, 1.165) is 11.1 Å². The molecule has 1 aliphatic heterocycles. The molecule has 0 aliphatic carbocycles. The maximum Gasteiger partial charge on any atom is 0.295 e. The van der Waals surface area contributed by atoms with E-state index in [2.05, 4.69) is 0 Å². The number of Topliss-reactive ketones (excluding diaryl/α,β-unsaturated/α-hetero) is 1. The van der Waals surface area contributed by atoms with Gasteiger partial charge in [0.1, 0.15) is 11.5 Å². The van der Waals surface area contributed by atoms with Crippen LogP contribution in [0.2, 0.25) is 5.02 Å². The summed E-state index contributed by atoms with van der Waals surface area (Å²) in [6, 6.07) is 11.6. The van der Waals surface area contributed by atoms with E-state index in [-0.39, 0.29) is 24.5 Å². The maximum absolute atomic E-state index is 12.9. The molecule has 1 fully saturated rings. The number of ether oxygens (including phenoxy) is 2. The summed E-state index contributed by atoms with van der Waals surface area (Å²) in [4.78, 5) is 27.1. The van der Waals surface area contributed by atoms with Crippen LogP contribution in [0.3, 0.4) is 0 Å². The molecule has 3 rings (SSSR count). The molecule has 7 heteroatoms. The van der Waals surface area contributed by atoms with Gasteiger partial charge in [-0.05, 0) is 37.6 Å². The van der Waals surface area contributed by atoms with Crippen LogP contribution in [0.15, 0.2) is 48.0 Å². The number of ketones is 1. The molecular weight excluding hydrogens is 406 g/mol. The highest BCUT2D eigenvalue weighted by atomic mass is 35.5. The lowest BCUT2D eigenvalue weighted by Crippen LogP contribution is -2.32. The van der Waals surface area contributed by atoms with Gasteiger partial charge in [0, 0.05) is 19.2 Å². The zero-order valence-corrected chi connectivity index (χ0v) is 17.9. The van der Waals surface area contributed by atoms with Crippen LogP contribution in [-0.2, 0) is 14.3 Å². The van der Waals surface area contributed by atoms with Crippen LogP contribution >= 0.6 is 11.6 Å². The smallest absolute Gasteiger partial charge is 0.295 e. The van der Waals surface area contributed by atoms with Crippen LogP contribution in [0.25, 0.3) is 5.76 Å². The molecule has 2 aromatic carbocycles. The lowest BCUT2D eigenvalue weighted by molar-refractivity contribution is -0.140. The minimum absolute atomic E-state index is 0.0279. The molecule has 2 aromatic rings. The first-order valence-corrected chi connectivity index (χ1v) is 10.0. The molecule has 30 heavy (non-hydrogen) atoms. The zero-order valence-electron chi connectivity index (χ0n) is 17.1. The highest BCUT2D eigenvalue weighted by Gasteiger charge is 2.45. The van der Waals surface area contributed by atoms with E-state index in [0.29, 0.717) is 22.9 Å². The van der Waals surface area contributed by atoms with Crippen molar-refractivity contribution in [1.82, 2.24) is 4.90 Å². The Morgan fingerprint density at radius 3 is 2.47 bits per heavy atom. The Labute approximate surface area is 180 Å². The number of halogens is 1. The first-order valence-electron chi connectivity index (χ1n) is 9.65. The number of carbonyl (C=O) groups excluding carboxylic acids is 2. The number of likely N-dealkylation sites (tertiary alicyclic amines) is 1. The third-order valence-electron chi connectivity index (χ3n) is 4.97. The average molecular weight is 430 g/mol. The third-order valence-corrected chi connectivity index (χ3v) is 5.27. The van der Waals surface area contributed by atoms with Gasteiger partial charge in [0.25, 0.3) is 11.7 Å². The summed E-state index contributed by atoms with van der Waals surface area (Å²) < 4.78 is 10.5. The standard InChI is InChI=1S/C23H24ClNO5/c1-4-30-18-10-9-16(13-17(18)24)21(26)19-20(15-7-5-14(2)6-8-15)25(11-12-29-3)23(28)22(19)27/h5-10,13,20,26H,4,11-12H2,1-3H3/b21-19+. The number of aliphatic hydroxyl groups is 1. The lowest BCUT2D eigenvalue weighted by atomic mass is 9.94. The van der Waals surface area contributed by atoms with Gasteiger partial charge in [0.2, 0.25) is 0 Å². The fourth-order valence-electron chi connectivity index (χ4n) is 3.47. The van der Waals surface area contributed by atoms with Gasteiger partial charge in [-0.15, -0.1) is 0 Å². The van der Waals surface area contributed by atoms with Crippen molar-refractivity contribution in [3.05, 3.63) is 69.8 Å². The number of rotatable bonds is 7. The molecule has 0 saturated carbocycles. The van der Waals surface area contributed by atoms with E-state index in [1.807, 2.05) is 38.1 Å². The predicted molar refractivity (Wildman–Crippen MR) is 115 cm³/mol. The van der Waals surface area contributed by atoms with Gasteiger partial charge in [0.05, 0.1) is 29.9 Å². The van der Waals surface area contributed by atoms with Crippen LogP contribution in [-0.4, -0.2) is 48.6 Å². The van der Waals surface area contributed by atoms with Crippen LogP contribution in [0.4, 0.5) is 0 Å². The van der Waals surface area contributed by atoms with Crippen molar-refractivity contribution < 1.29 is 24.2 Å². The Morgan fingerprint density at radius 1 is 1.17 bits per heavy atom. The third kappa shape index (κ3) is 4.20. The number of nitrogens with zero attached hydrogens (tertiary/aromatic N) is 1. The fraction of sp³-hybridized carbons (Fsp3) is 0.304. The monoisotopic (exact) mass is 429 g/mol. The fourth-order valence-corrected chi connectivity index (χ4v) is 3.71. The minimum atomic E-state index is -0.737. The Morgan fingerprint density at radius 2 is 1.87 bits per heavy atom. The number of aliphatic hydroxyl groups excluding tert-OH is 1. The molecule has 158 valence electrons. The number of amides is 1. The van der Waals surface area contributed by atoms with Crippen LogP contribution in [0, 0.1) is 6.92 Å². The van der Waals surface area contributed by atoms with E-state index >= 15 is 0 Å². The SMILES string of the molecule is CCOc1ccc(/C(O)=C2\C(=O)C(=O)N(CCOC)C2c2ccc(C)cc2)cc1Cl. The molecule has 0 aromatic heterocycles. The summed E-state index contributed by atoms with van der Waals surface area (Å²) in [5.41, 5.74) is 2.14. The second-order valence-corrected chi connectivity index (χ2v) is 7.38. The molecule has 0 bridgehead atoms. The quantitative estimate of drug-likeness (QED) is 0.407. The van der Waals surface area contributed by atoms with E-state index < -0.39 is 17.7 Å². The van der Waals surface area contributed by atoms with Gasteiger partial charge in [-0.1, -0.05) is 41.4 Å². The van der Waals surface area contributed by atoms with Gasteiger partial charge in [-0.2, -0.15) is 0 Å². The van der Waals surface area contributed by atoms with E-state index in [4.69, 9.17) is 21.1 Å².